The molecule has 1 aromatic heterocycles. The maximum absolute atomic E-state index is 12.0. The molecule has 0 N–H and O–H groups in total. The van der Waals surface area contributed by atoms with Crippen LogP contribution in [0.5, 0.6) is 0 Å². The van der Waals surface area contributed by atoms with E-state index in [-0.39, 0.29) is 12.1 Å². The number of esters is 1. The van der Waals surface area contributed by atoms with Gasteiger partial charge in [0.2, 0.25) is 0 Å². The molecule has 18 heavy (non-hydrogen) atoms. The predicted octanol–water partition coefficient (Wildman–Crippen LogP) is 1.72. The Labute approximate surface area is 107 Å². The summed E-state index contributed by atoms with van der Waals surface area (Å²) >= 11 is 0. The van der Waals surface area contributed by atoms with Gasteiger partial charge in [-0.3, -0.25) is 4.98 Å². The van der Waals surface area contributed by atoms with Gasteiger partial charge in [-0.15, -0.1) is 0 Å². The summed E-state index contributed by atoms with van der Waals surface area (Å²) in [6.07, 6.45) is 6.71. The summed E-state index contributed by atoms with van der Waals surface area (Å²) in [5, 5.41) is 0. The van der Waals surface area contributed by atoms with Crippen molar-refractivity contribution in [2.24, 2.45) is 5.92 Å². The molecule has 2 saturated heterocycles. The number of piperidine rings is 2. The Bertz CT molecular complexity index is 435. The number of hydrogen-bond donors (Lipinski definition) is 0. The lowest BCUT2D eigenvalue weighted by atomic mass is 9.78. The molecule has 0 amide bonds. The van der Waals surface area contributed by atoms with Crippen molar-refractivity contribution in [2.75, 3.05) is 13.6 Å². The predicted molar refractivity (Wildman–Crippen MR) is 67.2 cm³/mol. The molecule has 1 aromatic rings. The molecule has 0 radical (unpaired) electrons. The minimum absolute atomic E-state index is 0.0904. The fraction of sp³-hybridized carbons (Fsp3) is 0.571. The van der Waals surface area contributed by atoms with Crippen LogP contribution in [0.2, 0.25) is 0 Å². The van der Waals surface area contributed by atoms with E-state index in [0.717, 1.165) is 13.0 Å². The van der Waals surface area contributed by atoms with Gasteiger partial charge in [-0.1, -0.05) is 0 Å². The Morgan fingerprint density at radius 3 is 3.00 bits per heavy atom. The van der Waals surface area contributed by atoms with E-state index in [2.05, 4.69) is 16.9 Å². The zero-order valence-electron chi connectivity index (χ0n) is 10.6. The van der Waals surface area contributed by atoms with E-state index < -0.39 is 0 Å². The molecule has 4 heteroatoms. The topological polar surface area (TPSA) is 42.4 Å². The second-order valence-corrected chi connectivity index (χ2v) is 5.35. The number of ether oxygens (including phenoxy) is 1. The number of hydrogen-bond acceptors (Lipinski definition) is 4. The van der Waals surface area contributed by atoms with E-state index in [1.165, 1.54) is 12.8 Å². The van der Waals surface area contributed by atoms with Crippen LogP contribution in [0.4, 0.5) is 0 Å². The maximum Gasteiger partial charge on any atom is 0.339 e. The lowest BCUT2D eigenvalue weighted by Gasteiger charge is -2.47. The van der Waals surface area contributed by atoms with Gasteiger partial charge in [0.15, 0.2) is 0 Å². The van der Waals surface area contributed by atoms with Crippen LogP contribution in [-0.4, -0.2) is 41.6 Å². The summed E-state index contributed by atoms with van der Waals surface area (Å²) in [5.74, 6) is 0.268. The minimum atomic E-state index is -0.233. The van der Waals surface area contributed by atoms with E-state index in [1.54, 1.807) is 24.5 Å². The second kappa shape index (κ2) is 4.69. The lowest BCUT2D eigenvalue weighted by molar-refractivity contribution is -0.0558. The maximum atomic E-state index is 12.0. The highest BCUT2D eigenvalue weighted by Crippen LogP contribution is 2.36. The number of pyridine rings is 1. The van der Waals surface area contributed by atoms with E-state index in [0.29, 0.717) is 17.5 Å². The number of carbonyl (C=O) groups is 1. The Kier molecular flexibility index (Phi) is 3.04. The molecule has 3 aliphatic rings. The van der Waals surface area contributed by atoms with Gasteiger partial charge in [-0.2, -0.15) is 0 Å². The third-order valence-corrected chi connectivity index (χ3v) is 4.20. The summed E-state index contributed by atoms with van der Waals surface area (Å²) < 4.78 is 5.65. The SMILES string of the molecule is CN1C[C@@H]2CC[C@H]1C[C@H]2OC(=O)c1cccnc1. The van der Waals surface area contributed by atoms with Crippen LogP contribution >= 0.6 is 0 Å². The quantitative estimate of drug-likeness (QED) is 0.745. The standard InChI is InChI=1S/C14H18N2O2/c1-16-9-11-4-5-12(16)7-13(11)18-14(17)10-3-2-6-15-8-10/h2-3,6,8,11-13H,4-5,7,9H2,1H3/t11-,12-,13+/m0/s1. The second-order valence-electron chi connectivity index (χ2n) is 5.35. The van der Waals surface area contributed by atoms with Crippen LogP contribution < -0.4 is 0 Å². The van der Waals surface area contributed by atoms with Crippen molar-refractivity contribution in [3.05, 3.63) is 30.1 Å². The van der Waals surface area contributed by atoms with Gasteiger partial charge in [-0.25, -0.2) is 4.79 Å². The van der Waals surface area contributed by atoms with Crippen LogP contribution in [0, 0.1) is 5.92 Å². The molecule has 0 aromatic carbocycles. The molecule has 1 aliphatic carbocycles. The van der Waals surface area contributed by atoms with E-state index in [4.69, 9.17) is 4.74 Å². The summed E-state index contributed by atoms with van der Waals surface area (Å²) in [6, 6.07) is 4.10. The number of fused-ring (bicyclic) bond motifs is 3. The highest BCUT2D eigenvalue weighted by Gasteiger charge is 2.40. The average molecular weight is 246 g/mol. The third kappa shape index (κ3) is 2.12. The average Bonchev–Trinajstić information content (AvgIpc) is 2.41. The van der Waals surface area contributed by atoms with Gasteiger partial charge in [0.1, 0.15) is 6.10 Å². The van der Waals surface area contributed by atoms with Crippen molar-refractivity contribution in [3.63, 3.8) is 0 Å². The summed E-state index contributed by atoms with van der Waals surface area (Å²) in [5.41, 5.74) is 0.548. The van der Waals surface area contributed by atoms with E-state index in [9.17, 15) is 4.79 Å². The van der Waals surface area contributed by atoms with Crippen molar-refractivity contribution in [1.29, 1.82) is 0 Å². The van der Waals surface area contributed by atoms with Crippen molar-refractivity contribution < 1.29 is 9.53 Å². The molecule has 3 atom stereocenters. The number of carbonyl (C=O) groups excluding carboxylic acids is 1. The summed E-state index contributed by atoms with van der Waals surface area (Å²) in [4.78, 5) is 18.3. The van der Waals surface area contributed by atoms with Crippen LogP contribution in [0.3, 0.4) is 0 Å². The van der Waals surface area contributed by atoms with Crippen LogP contribution in [0.1, 0.15) is 29.6 Å². The molecule has 4 nitrogen and oxygen atoms in total. The minimum Gasteiger partial charge on any atom is -0.458 e. The van der Waals surface area contributed by atoms with Crippen LogP contribution in [0.25, 0.3) is 0 Å². The molecule has 3 fully saturated rings. The molecule has 4 rings (SSSR count). The first kappa shape index (κ1) is 11.7. The molecule has 0 unspecified atom stereocenters. The smallest absolute Gasteiger partial charge is 0.339 e. The van der Waals surface area contributed by atoms with E-state index in [1.807, 2.05) is 0 Å². The van der Waals surface area contributed by atoms with Crippen molar-refractivity contribution in [2.45, 2.75) is 31.4 Å². The van der Waals surface area contributed by atoms with Gasteiger partial charge in [0.25, 0.3) is 0 Å². The zero-order chi connectivity index (χ0) is 12.5. The normalized spacial score (nSPS) is 31.3. The Morgan fingerprint density at radius 1 is 1.50 bits per heavy atom. The first-order chi connectivity index (χ1) is 8.74. The van der Waals surface area contributed by atoms with Crippen molar-refractivity contribution >= 4 is 5.97 Å². The number of nitrogens with zero attached hydrogens (tertiary/aromatic N) is 2. The fourth-order valence-electron chi connectivity index (χ4n) is 3.13. The Morgan fingerprint density at radius 2 is 2.39 bits per heavy atom. The Balaban J connectivity index is 1.66. The third-order valence-electron chi connectivity index (χ3n) is 4.20. The first-order valence-corrected chi connectivity index (χ1v) is 6.55. The zero-order valence-corrected chi connectivity index (χ0v) is 10.6. The first-order valence-electron chi connectivity index (χ1n) is 6.55. The molecular formula is C14H18N2O2. The molecular weight excluding hydrogens is 228 g/mol. The van der Waals surface area contributed by atoms with Gasteiger partial charge < -0.3 is 9.64 Å². The van der Waals surface area contributed by atoms with E-state index >= 15 is 0 Å². The lowest BCUT2D eigenvalue weighted by Crippen LogP contribution is -2.53. The van der Waals surface area contributed by atoms with Crippen LogP contribution in [-0.2, 0) is 4.74 Å². The number of aromatic nitrogens is 1. The highest BCUT2D eigenvalue weighted by molar-refractivity contribution is 5.89. The Hall–Kier alpha value is -1.42. The van der Waals surface area contributed by atoms with Crippen molar-refractivity contribution in [3.8, 4) is 0 Å². The largest absolute Gasteiger partial charge is 0.458 e. The van der Waals surface area contributed by atoms with Crippen molar-refractivity contribution in [1.82, 2.24) is 9.88 Å². The number of rotatable bonds is 2. The highest BCUT2D eigenvalue weighted by atomic mass is 16.5. The van der Waals surface area contributed by atoms with Gasteiger partial charge in [0, 0.05) is 37.3 Å². The molecule has 2 bridgehead atoms. The molecule has 0 spiro atoms. The van der Waals surface area contributed by atoms with Gasteiger partial charge in [0.05, 0.1) is 5.56 Å². The fourth-order valence-corrected chi connectivity index (χ4v) is 3.13. The molecule has 1 saturated carbocycles. The molecule has 2 aliphatic heterocycles. The molecule has 3 heterocycles. The monoisotopic (exact) mass is 246 g/mol. The van der Waals surface area contributed by atoms with Gasteiger partial charge in [-0.05, 0) is 32.0 Å². The summed E-state index contributed by atoms with van der Waals surface area (Å²) in [6.45, 7) is 1.05. The molecule has 96 valence electrons. The van der Waals surface area contributed by atoms with Gasteiger partial charge >= 0.3 is 5.97 Å². The summed E-state index contributed by atoms with van der Waals surface area (Å²) in [7, 11) is 2.16. The van der Waals surface area contributed by atoms with Crippen LogP contribution in [0.15, 0.2) is 24.5 Å².